The van der Waals surface area contributed by atoms with Crippen molar-refractivity contribution in [2.45, 2.75) is 13.5 Å². The lowest BCUT2D eigenvalue weighted by Crippen LogP contribution is -2.01. The summed E-state index contributed by atoms with van der Waals surface area (Å²) in [7, 11) is 1.59. The monoisotopic (exact) mass is 244 g/mol. The zero-order valence-electron chi connectivity index (χ0n) is 10.5. The molecule has 0 bridgehead atoms. The third-order valence-corrected chi connectivity index (χ3v) is 2.64. The average molecular weight is 244 g/mol. The van der Waals surface area contributed by atoms with Crippen LogP contribution in [-0.4, -0.2) is 12.1 Å². The Morgan fingerprint density at radius 1 is 1.28 bits per heavy atom. The predicted molar refractivity (Wildman–Crippen MR) is 70.7 cm³/mol. The molecule has 4 nitrogen and oxygen atoms in total. The molecule has 1 aromatic carbocycles. The molecule has 0 saturated heterocycles. The van der Waals surface area contributed by atoms with Crippen molar-refractivity contribution in [3.8, 4) is 11.6 Å². The number of aromatic nitrogens is 1. The molecule has 18 heavy (non-hydrogen) atoms. The third kappa shape index (κ3) is 2.71. The van der Waals surface area contributed by atoms with Crippen LogP contribution in [0.5, 0.6) is 11.6 Å². The van der Waals surface area contributed by atoms with Crippen molar-refractivity contribution in [1.82, 2.24) is 4.98 Å². The van der Waals surface area contributed by atoms with E-state index in [0.29, 0.717) is 18.2 Å². The highest BCUT2D eigenvalue weighted by Gasteiger charge is 2.05. The Hall–Kier alpha value is -2.23. The number of hydrogen-bond acceptors (Lipinski definition) is 4. The van der Waals surface area contributed by atoms with E-state index >= 15 is 0 Å². The molecule has 1 heterocycles. The number of ether oxygens (including phenoxy) is 2. The van der Waals surface area contributed by atoms with Gasteiger partial charge in [0, 0.05) is 18.0 Å². The molecule has 0 aliphatic heterocycles. The number of methoxy groups -OCH3 is 1. The number of aryl methyl sites for hydroxylation is 1. The summed E-state index contributed by atoms with van der Waals surface area (Å²) < 4.78 is 10.9. The van der Waals surface area contributed by atoms with Gasteiger partial charge in [0.2, 0.25) is 5.88 Å². The van der Waals surface area contributed by atoms with E-state index < -0.39 is 0 Å². The fourth-order valence-corrected chi connectivity index (χ4v) is 1.65. The van der Waals surface area contributed by atoms with E-state index in [4.69, 9.17) is 15.2 Å². The zero-order valence-corrected chi connectivity index (χ0v) is 10.5. The van der Waals surface area contributed by atoms with Gasteiger partial charge < -0.3 is 15.2 Å². The average Bonchev–Trinajstić information content (AvgIpc) is 2.40. The molecule has 4 heteroatoms. The summed E-state index contributed by atoms with van der Waals surface area (Å²) in [6.07, 6.45) is 1.69. The van der Waals surface area contributed by atoms with Crippen LogP contribution in [0.3, 0.4) is 0 Å². The summed E-state index contributed by atoms with van der Waals surface area (Å²) in [6.45, 7) is 2.39. The van der Waals surface area contributed by atoms with Crippen LogP contribution in [0.2, 0.25) is 0 Å². The highest BCUT2D eigenvalue weighted by atomic mass is 16.5. The van der Waals surface area contributed by atoms with E-state index in [1.807, 2.05) is 37.3 Å². The molecule has 2 N–H and O–H groups in total. The lowest BCUT2D eigenvalue weighted by molar-refractivity contribution is 0.292. The number of benzene rings is 1. The van der Waals surface area contributed by atoms with Crippen molar-refractivity contribution in [3.05, 3.63) is 47.7 Å². The molecule has 0 radical (unpaired) electrons. The maximum atomic E-state index is 5.75. The summed E-state index contributed by atoms with van der Waals surface area (Å²) in [6, 6.07) is 9.39. The Bertz CT molecular complexity index is 541. The van der Waals surface area contributed by atoms with Gasteiger partial charge in [-0.2, -0.15) is 0 Å². The first-order valence-corrected chi connectivity index (χ1v) is 5.67. The molecule has 0 unspecified atom stereocenters. The number of hydrogen-bond donors (Lipinski definition) is 1. The summed E-state index contributed by atoms with van der Waals surface area (Å²) in [5.41, 5.74) is 8.38. The normalized spacial score (nSPS) is 10.1. The standard InChI is InChI=1S/C14H16N2O2/c1-10-5-6-12(15)8-13(10)18-9-11-4-3-7-16-14(11)17-2/h3-8H,9,15H2,1-2H3. The van der Waals surface area contributed by atoms with Gasteiger partial charge >= 0.3 is 0 Å². The van der Waals surface area contributed by atoms with Gasteiger partial charge in [-0.3, -0.25) is 0 Å². The van der Waals surface area contributed by atoms with Gasteiger partial charge in [0.05, 0.1) is 12.7 Å². The second kappa shape index (κ2) is 5.40. The van der Waals surface area contributed by atoms with E-state index in [1.165, 1.54) is 0 Å². The van der Waals surface area contributed by atoms with Crippen LogP contribution in [0, 0.1) is 6.92 Å². The highest BCUT2D eigenvalue weighted by molar-refractivity contribution is 5.48. The van der Waals surface area contributed by atoms with Gasteiger partial charge in [-0.05, 0) is 30.7 Å². The van der Waals surface area contributed by atoms with E-state index in [-0.39, 0.29) is 0 Å². The molecule has 0 aliphatic carbocycles. The van der Waals surface area contributed by atoms with Gasteiger partial charge in [-0.1, -0.05) is 6.07 Å². The van der Waals surface area contributed by atoms with E-state index in [1.54, 1.807) is 13.3 Å². The third-order valence-electron chi connectivity index (χ3n) is 2.64. The first-order valence-electron chi connectivity index (χ1n) is 5.67. The molecule has 0 aliphatic rings. The van der Waals surface area contributed by atoms with Crippen LogP contribution in [0.1, 0.15) is 11.1 Å². The lowest BCUT2D eigenvalue weighted by atomic mass is 10.2. The summed E-state index contributed by atoms with van der Waals surface area (Å²) in [5.74, 6) is 1.36. The van der Waals surface area contributed by atoms with Crippen LogP contribution in [0.15, 0.2) is 36.5 Å². The van der Waals surface area contributed by atoms with Gasteiger partial charge in [0.1, 0.15) is 12.4 Å². The zero-order chi connectivity index (χ0) is 13.0. The van der Waals surface area contributed by atoms with Crippen molar-refractivity contribution in [3.63, 3.8) is 0 Å². The molecule has 1 aromatic heterocycles. The van der Waals surface area contributed by atoms with Crippen LogP contribution in [-0.2, 0) is 6.61 Å². The lowest BCUT2D eigenvalue weighted by Gasteiger charge is -2.11. The van der Waals surface area contributed by atoms with Gasteiger partial charge in [-0.25, -0.2) is 4.98 Å². The topological polar surface area (TPSA) is 57.4 Å². The van der Waals surface area contributed by atoms with Gasteiger partial charge in [0.25, 0.3) is 0 Å². The Labute approximate surface area is 106 Å². The maximum Gasteiger partial charge on any atom is 0.219 e. The SMILES string of the molecule is COc1ncccc1COc1cc(N)ccc1C. The minimum atomic E-state index is 0.404. The summed E-state index contributed by atoms with van der Waals surface area (Å²) in [4.78, 5) is 4.12. The maximum absolute atomic E-state index is 5.75. The number of nitrogens with zero attached hydrogens (tertiary/aromatic N) is 1. The molecule has 0 amide bonds. The van der Waals surface area contributed by atoms with Crippen molar-refractivity contribution < 1.29 is 9.47 Å². The Morgan fingerprint density at radius 3 is 2.89 bits per heavy atom. The summed E-state index contributed by atoms with van der Waals surface area (Å²) in [5, 5.41) is 0. The fraction of sp³-hybridized carbons (Fsp3) is 0.214. The minimum absolute atomic E-state index is 0.404. The highest BCUT2D eigenvalue weighted by Crippen LogP contribution is 2.23. The van der Waals surface area contributed by atoms with Gasteiger partial charge in [0.15, 0.2) is 0 Å². The molecule has 94 valence electrons. The first-order chi connectivity index (χ1) is 8.70. The number of nitrogen functional groups attached to an aromatic ring is 1. The molecular formula is C14H16N2O2. The number of pyridine rings is 1. The second-order valence-electron chi connectivity index (χ2n) is 3.99. The number of anilines is 1. The number of nitrogens with two attached hydrogens (primary N) is 1. The molecular weight excluding hydrogens is 228 g/mol. The number of rotatable bonds is 4. The molecule has 2 rings (SSSR count). The van der Waals surface area contributed by atoms with Crippen LogP contribution >= 0.6 is 0 Å². The smallest absolute Gasteiger partial charge is 0.219 e. The van der Waals surface area contributed by atoms with E-state index in [0.717, 1.165) is 16.9 Å². The van der Waals surface area contributed by atoms with E-state index in [2.05, 4.69) is 4.98 Å². The summed E-state index contributed by atoms with van der Waals surface area (Å²) >= 11 is 0. The van der Waals surface area contributed by atoms with Crippen molar-refractivity contribution in [2.24, 2.45) is 0 Å². The van der Waals surface area contributed by atoms with Gasteiger partial charge in [-0.15, -0.1) is 0 Å². The van der Waals surface area contributed by atoms with Crippen molar-refractivity contribution >= 4 is 5.69 Å². The molecule has 0 saturated carbocycles. The second-order valence-corrected chi connectivity index (χ2v) is 3.99. The first kappa shape index (κ1) is 12.2. The minimum Gasteiger partial charge on any atom is -0.488 e. The molecule has 2 aromatic rings. The molecule has 0 atom stereocenters. The van der Waals surface area contributed by atoms with Crippen molar-refractivity contribution in [2.75, 3.05) is 12.8 Å². The quantitative estimate of drug-likeness (QED) is 0.840. The van der Waals surface area contributed by atoms with Crippen LogP contribution in [0.25, 0.3) is 0 Å². The fourth-order valence-electron chi connectivity index (χ4n) is 1.65. The predicted octanol–water partition coefficient (Wildman–Crippen LogP) is 2.56. The Kier molecular flexibility index (Phi) is 3.67. The molecule has 0 fully saturated rings. The largest absolute Gasteiger partial charge is 0.488 e. The molecule has 0 spiro atoms. The Morgan fingerprint density at radius 2 is 2.11 bits per heavy atom. The van der Waals surface area contributed by atoms with Crippen LogP contribution < -0.4 is 15.2 Å². The Balaban J connectivity index is 2.14. The van der Waals surface area contributed by atoms with Crippen LogP contribution in [0.4, 0.5) is 5.69 Å². The van der Waals surface area contributed by atoms with Crippen molar-refractivity contribution in [1.29, 1.82) is 0 Å². The van der Waals surface area contributed by atoms with E-state index in [9.17, 15) is 0 Å².